The van der Waals surface area contributed by atoms with Gasteiger partial charge in [-0.3, -0.25) is 0 Å². The van der Waals surface area contributed by atoms with Crippen LogP contribution in [-0.2, 0) is 0 Å². The molecular formula is C8H17N. The molecule has 0 aromatic carbocycles. The van der Waals surface area contributed by atoms with E-state index >= 15 is 0 Å². The second-order valence-corrected chi connectivity index (χ2v) is 2.43. The number of allylic oxidation sites excluding steroid dienone is 1. The number of unbranched alkanes of at least 4 members (excludes halogenated alkanes) is 1. The predicted molar refractivity (Wildman–Crippen MR) is 42.3 cm³/mol. The Kier molecular flexibility index (Phi) is 5.64. The van der Waals surface area contributed by atoms with Gasteiger partial charge in [0.1, 0.15) is 0 Å². The van der Waals surface area contributed by atoms with Crippen molar-refractivity contribution in [3.05, 3.63) is 12.2 Å². The molecule has 0 saturated carbocycles. The van der Waals surface area contributed by atoms with Crippen molar-refractivity contribution in [1.29, 1.82) is 0 Å². The third-order valence-corrected chi connectivity index (χ3v) is 1.29. The third-order valence-electron chi connectivity index (χ3n) is 1.29. The molecule has 0 spiro atoms. The Hall–Kier alpha value is -0.300. The standard InChI is InChI=1S/C8H17N/c1-3-4-5-6-8(2)7-9/h5-6,8H,3-4,7,9H2,1-2H3. The Morgan fingerprint density at radius 3 is 2.67 bits per heavy atom. The van der Waals surface area contributed by atoms with Gasteiger partial charge in [0.05, 0.1) is 0 Å². The van der Waals surface area contributed by atoms with E-state index in [1.54, 1.807) is 0 Å². The van der Waals surface area contributed by atoms with Crippen LogP contribution in [0.5, 0.6) is 0 Å². The second-order valence-electron chi connectivity index (χ2n) is 2.43. The van der Waals surface area contributed by atoms with Crippen molar-refractivity contribution in [2.45, 2.75) is 26.7 Å². The van der Waals surface area contributed by atoms with Crippen LogP contribution in [0, 0.1) is 5.92 Å². The van der Waals surface area contributed by atoms with Crippen LogP contribution in [0.1, 0.15) is 26.7 Å². The van der Waals surface area contributed by atoms with Gasteiger partial charge < -0.3 is 5.73 Å². The van der Waals surface area contributed by atoms with Gasteiger partial charge in [-0.15, -0.1) is 0 Å². The quantitative estimate of drug-likeness (QED) is 0.574. The van der Waals surface area contributed by atoms with Crippen LogP contribution >= 0.6 is 0 Å². The lowest BCUT2D eigenvalue weighted by atomic mass is 10.1. The van der Waals surface area contributed by atoms with Gasteiger partial charge in [-0.1, -0.05) is 32.4 Å². The average Bonchev–Trinajstić information content (AvgIpc) is 1.89. The summed E-state index contributed by atoms with van der Waals surface area (Å²) in [5, 5.41) is 0. The first-order valence-corrected chi connectivity index (χ1v) is 3.68. The molecule has 0 aromatic heterocycles. The molecule has 0 saturated heterocycles. The lowest BCUT2D eigenvalue weighted by Crippen LogP contribution is -2.07. The molecule has 0 rings (SSSR count). The first-order valence-electron chi connectivity index (χ1n) is 3.68. The summed E-state index contributed by atoms with van der Waals surface area (Å²) < 4.78 is 0. The molecule has 0 radical (unpaired) electrons. The van der Waals surface area contributed by atoms with Gasteiger partial charge >= 0.3 is 0 Å². The molecule has 0 bridgehead atoms. The zero-order chi connectivity index (χ0) is 7.11. The Morgan fingerprint density at radius 2 is 2.22 bits per heavy atom. The van der Waals surface area contributed by atoms with Crippen molar-refractivity contribution in [2.24, 2.45) is 11.7 Å². The van der Waals surface area contributed by atoms with Crippen LogP contribution in [0.25, 0.3) is 0 Å². The molecule has 1 atom stereocenters. The smallest absolute Gasteiger partial charge is 0.00168 e. The molecular weight excluding hydrogens is 110 g/mol. The molecule has 1 unspecified atom stereocenters. The third kappa shape index (κ3) is 5.57. The Morgan fingerprint density at radius 1 is 1.56 bits per heavy atom. The SMILES string of the molecule is CCCC=CC(C)CN. The van der Waals surface area contributed by atoms with Crippen LogP contribution in [0.15, 0.2) is 12.2 Å². The lowest BCUT2D eigenvalue weighted by Gasteiger charge is -1.97. The van der Waals surface area contributed by atoms with Crippen LogP contribution in [-0.4, -0.2) is 6.54 Å². The predicted octanol–water partition coefficient (Wildman–Crippen LogP) is 1.94. The van der Waals surface area contributed by atoms with E-state index in [9.17, 15) is 0 Å². The first-order chi connectivity index (χ1) is 4.31. The largest absolute Gasteiger partial charge is 0.330 e. The number of hydrogen-bond acceptors (Lipinski definition) is 1. The normalized spacial score (nSPS) is 14.6. The summed E-state index contributed by atoms with van der Waals surface area (Å²) in [5.74, 6) is 0.552. The Bertz CT molecular complexity index is 76.6. The van der Waals surface area contributed by atoms with E-state index < -0.39 is 0 Å². The molecule has 54 valence electrons. The maximum atomic E-state index is 5.40. The molecule has 0 fully saturated rings. The van der Waals surface area contributed by atoms with Crippen molar-refractivity contribution in [3.63, 3.8) is 0 Å². The molecule has 2 N–H and O–H groups in total. The van der Waals surface area contributed by atoms with Crippen LogP contribution in [0.2, 0.25) is 0 Å². The van der Waals surface area contributed by atoms with Crippen LogP contribution in [0.3, 0.4) is 0 Å². The molecule has 0 heterocycles. The summed E-state index contributed by atoms with van der Waals surface area (Å²) in [4.78, 5) is 0. The van der Waals surface area contributed by atoms with E-state index in [1.165, 1.54) is 12.8 Å². The van der Waals surface area contributed by atoms with E-state index in [0.717, 1.165) is 6.54 Å². The number of nitrogens with two attached hydrogens (primary N) is 1. The molecule has 0 aromatic rings. The van der Waals surface area contributed by atoms with Crippen molar-refractivity contribution in [3.8, 4) is 0 Å². The maximum Gasteiger partial charge on any atom is -0.00168 e. The highest BCUT2D eigenvalue weighted by atomic mass is 14.5. The van der Waals surface area contributed by atoms with Gasteiger partial charge in [0.2, 0.25) is 0 Å². The topological polar surface area (TPSA) is 26.0 Å². The summed E-state index contributed by atoms with van der Waals surface area (Å²) in [6.45, 7) is 5.07. The zero-order valence-electron chi connectivity index (χ0n) is 6.43. The van der Waals surface area contributed by atoms with Crippen molar-refractivity contribution in [2.75, 3.05) is 6.54 Å². The highest BCUT2D eigenvalue weighted by Gasteiger charge is 1.88. The fourth-order valence-electron chi connectivity index (χ4n) is 0.574. The van der Waals surface area contributed by atoms with Crippen LogP contribution in [0.4, 0.5) is 0 Å². The zero-order valence-corrected chi connectivity index (χ0v) is 6.43. The lowest BCUT2D eigenvalue weighted by molar-refractivity contribution is 0.734. The minimum absolute atomic E-state index is 0.552. The molecule has 9 heavy (non-hydrogen) atoms. The number of rotatable bonds is 4. The summed E-state index contributed by atoms with van der Waals surface area (Å²) in [6, 6.07) is 0. The van der Waals surface area contributed by atoms with E-state index in [-0.39, 0.29) is 0 Å². The molecule has 1 heteroatoms. The van der Waals surface area contributed by atoms with Crippen molar-refractivity contribution >= 4 is 0 Å². The van der Waals surface area contributed by atoms with Gasteiger partial charge in [0.15, 0.2) is 0 Å². The molecule has 0 aliphatic carbocycles. The summed E-state index contributed by atoms with van der Waals surface area (Å²) >= 11 is 0. The Balaban J connectivity index is 3.20. The fraction of sp³-hybridized carbons (Fsp3) is 0.750. The van der Waals surface area contributed by atoms with Crippen molar-refractivity contribution < 1.29 is 0 Å². The molecule has 0 aliphatic heterocycles. The van der Waals surface area contributed by atoms with E-state index in [0.29, 0.717) is 5.92 Å². The van der Waals surface area contributed by atoms with Gasteiger partial charge in [0, 0.05) is 0 Å². The summed E-state index contributed by atoms with van der Waals surface area (Å²) in [7, 11) is 0. The summed E-state index contributed by atoms with van der Waals surface area (Å²) in [5.41, 5.74) is 5.40. The van der Waals surface area contributed by atoms with E-state index in [1.807, 2.05) is 0 Å². The number of hydrogen-bond donors (Lipinski definition) is 1. The van der Waals surface area contributed by atoms with Crippen molar-refractivity contribution in [1.82, 2.24) is 0 Å². The highest BCUT2D eigenvalue weighted by Crippen LogP contribution is 1.96. The van der Waals surface area contributed by atoms with Gasteiger partial charge in [-0.2, -0.15) is 0 Å². The van der Waals surface area contributed by atoms with Gasteiger partial charge in [-0.05, 0) is 18.9 Å². The van der Waals surface area contributed by atoms with Gasteiger partial charge in [-0.25, -0.2) is 0 Å². The minimum Gasteiger partial charge on any atom is -0.330 e. The van der Waals surface area contributed by atoms with Crippen LogP contribution < -0.4 is 5.73 Å². The molecule has 0 amide bonds. The van der Waals surface area contributed by atoms with E-state index in [2.05, 4.69) is 26.0 Å². The molecule has 1 nitrogen and oxygen atoms in total. The maximum absolute atomic E-state index is 5.40. The highest BCUT2D eigenvalue weighted by molar-refractivity contribution is 4.86. The molecule has 0 aliphatic rings. The second kappa shape index (κ2) is 5.83. The van der Waals surface area contributed by atoms with E-state index in [4.69, 9.17) is 5.73 Å². The monoisotopic (exact) mass is 127 g/mol. The van der Waals surface area contributed by atoms with Gasteiger partial charge in [0.25, 0.3) is 0 Å². The average molecular weight is 127 g/mol. The minimum atomic E-state index is 0.552. The fourth-order valence-corrected chi connectivity index (χ4v) is 0.574. The Labute approximate surface area is 57.9 Å². The summed E-state index contributed by atoms with van der Waals surface area (Å²) in [6.07, 6.45) is 6.80. The first kappa shape index (κ1) is 8.70.